The van der Waals surface area contributed by atoms with Crippen LogP contribution in [0.15, 0.2) is 28.7 Å². The Morgan fingerprint density at radius 1 is 1.00 bits per heavy atom. The van der Waals surface area contributed by atoms with Gasteiger partial charge in [-0.15, -0.1) is 0 Å². The molecule has 112 valence electrons. The van der Waals surface area contributed by atoms with Gasteiger partial charge in [-0.05, 0) is 29.5 Å². The van der Waals surface area contributed by atoms with Gasteiger partial charge in [0.15, 0.2) is 0 Å². The molecule has 1 saturated carbocycles. The summed E-state index contributed by atoms with van der Waals surface area (Å²) in [5.41, 5.74) is 1.03. The molecule has 0 aromatic heterocycles. The highest BCUT2D eigenvalue weighted by atomic mass is 79.9. The number of piperidine rings is 1. The van der Waals surface area contributed by atoms with Gasteiger partial charge in [0.05, 0.1) is 5.92 Å². The largest absolute Gasteiger partial charge is 0.296 e. The summed E-state index contributed by atoms with van der Waals surface area (Å²) in [5.74, 6) is 0.252. The lowest BCUT2D eigenvalue weighted by atomic mass is 9.69. The Morgan fingerprint density at radius 2 is 1.67 bits per heavy atom. The Morgan fingerprint density at radius 3 is 2.33 bits per heavy atom. The minimum atomic E-state index is -0.182. The highest BCUT2D eigenvalue weighted by Gasteiger charge is 2.41. The molecule has 1 aliphatic carbocycles. The summed E-state index contributed by atoms with van der Waals surface area (Å²) in [4.78, 5) is 24.2. The van der Waals surface area contributed by atoms with Gasteiger partial charge in [0, 0.05) is 10.9 Å². The first-order valence-corrected chi connectivity index (χ1v) is 8.53. The third-order valence-corrected chi connectivity index (χ3v) is 5.41. The molecule has 1 aromatic rings. The lowest BCUT2D eigenvalue weighted by molar-refractivity contribution is -0.137. The van der Waals surface area contributed by atoms with Gasteiger partial charge in [0.2, 0.25) is 11.8 Å². The molecule has 2 atom stereocenters. The van der Waals surface area contributed by atoms with E-state index in [0.29, 0.717) is 12.3 Å². The van der Waals surface area contributed by atoms with Gasteiger partial charge in [-0.2, -0.15) is 0 Å². The predicted octanol–water partition coefficient (Wildman–Crippen LogP) is 3.78. The smallest absolute Gasteiger partial charge is 0.234 e. The fourth-order valence-corrected chi connectivity index (χ4v) is 4.13. The van der Waals surface area contributed by atoms with Crippen LogP contribution in [-0.2, 0) is 9.59 Å². The van der Waals surface area contributed by atoms with Gasteiger partial charge >= 0.3 is 0 Å². The standard InChI is InChI=1S/C17H20BrNO2/c18-13-8-6-12(7-9-13)16-14(10-15(20)19-17(16)21)11-4-2-1-3-5-11/h6-9,11,14,16H,1-5,10H2,(H,19,20,21). The monoisotopic (exact) mass is 349 g/mol. The van der Waals surface area contributed by atoms with Crippen molar-refractivity contribution < 1.29 is 9.59 Å². The summed E-state index contributed by atoms with van der Waals surface area (Å²) in [6, 6.07) is 7.94. The quantitative estimate of drug-likeness (QED) is 0.826. The van der Waals surface area contributed by atoms with Gasteiger partial charge < -0.3 is 0 Å². The van der Waals surface area contributed by atoms with Crippen LogP contribution in [0.3, 0.4) is 0 Å². The Kier molecular flexibility index (Phi) is 4.43. The normalized spacial score (nSPS) is 27.5. The molecule has 1 aromatic carbocycles. The van der Waals surface area contributed by atoms with Crippen LogP contribution in [0.4, 0.5) is 0 Å². The maximum atomic E-state index is 12.4. The number of halogens is 1. The molecule has 1 aliphatic heterocycles. The van der Waals surface area contributed by atoms with Crippen molar-refractivity contribution in [1.29, 1.82) is 0 Å². The van der Waals surface area contributed by atoms with Crippen molar-refractivity contribution >= 4 is 27.7 Å². The molecule has 2 aliphatic rings. The molecule has 3 rings (SSSR count). The van der Waals surface area contributed by atoms with E-state index in [1.807, 2.05) is 24.3 Å². The number of hydrogen-bond acceptors (Lipinski definition) is 2. The topological polar surface area (TPSA) is 46.2 Å². The Hall–Kier alpha value is -1.16. The van der Waals surface area contributed by atoms with Crippen molar-refractivity contribution in [3.05, 3.63) is 34.3 Å². The van der Waals surface area contributed by atoms with Crippen molar-refractivity contribution in [3.8, 4) is 0 Å². The van der Waals surface area contributed by atoms with Crippen LogP contribution in [-0.4, -0.2) is 11.8 Å². The molecule has 21 heavy (non-hydrogen) atoms. The van der Waals surface area contributed by atoms with Crippen molar-refractivity contribution in [2.24, 2.45) is 11.8 Å². The summed E-state index contributed by atoms with van der Waals surface area (Å²) in [6.45, 7) is 0. The van der Waals surface area contributed by atoms with Crippen LogP contribution < -0.4 is 5.32 Å². The van der Waals surface area contributed by atoms with E-state index in [-0.39, 0.29) is 23.7 Å². The van der Waals surface area contributed by atoms with E-state index >= 15 is 0 Å². The minimum Gasteiger partial charge on any atom is -0.296 e. The zero-order chi connectivity index (χ0) is 14.8. The zero-order valence-electron chi connectivity index (χ0n) is 12.0. The maximum absolute atomic E-state index is 12.4. The number of rotatable bonds is 2. The Bertz CT molecular complexity index is 534. The average molecular weight is 350 g/mol. The lowest BCUT2D eigenvalue weighted by Gasteiger charge is -2.37. The third kappa shape index (κ3) is 3.20. The fraction of sp³-hybridized carbons (Fsp3) is 0.529. The summed E-state index contributed by atoms with van der Waals surface area (Å²) < 4.78 is 1.01. The molecular weight excluding hydrogens is 330 g/mol. The van der Waals surface area contributed by atoms with Gasteiger partial charge in [0.1, 0.15) is 0 Å². The number of hydrogen-bond donors (Lipinski definition) is 1. The molecule has 0 radical (unpaired) electrons. The second-order valence-corrected chi connectivity index (χ2v) is 7.12. The van der Waals surface area contributed by atoms with Crippen molar-refractivity contribution in [1.82, 2.24) is 5.32 Å². The zero-order valence-corrected chi connectivity index (χ0v) is 13.6. The summed E-state index contributed by atoms with van der Waals surface area (Å²) >= 11 is 3.43. The number of benzene rings is 1. The van der Waals surface area contributed by atoms with E-state index in [1.54, 1.807) is 0 Å². The number of nitrogens with one attached hydrogen (secondary N) is 1. The molecule has 2 amide bonds. The van der Waals surface area contributed by atoms with Crippen molar-refractivity contribution in [2.45, 2.75) is 44.4 Å². The van der Waals surface area contributed by atoms with E-state index in [0.717, 1.165) is 22.9 Å². The number of imide groups is 1. The van der Waals surface area contributed by atoms with Crippen LogP contribution in [0.5, 0.6) is 0 Å². The van der Waals surface area contributed by atoms with E-state index in [4.69, 9.17) is 0 Å². The molecule has 0 spiro atoms. The first kappa shape index (κ1) is 14.8. The molecule has 4 heteroatoms. The number of amides is 2. The molecule has 1 N–H and O–H groups in total. The maximum Gasteiger partial charge on any atom is 0.234 e. The van der Waals surface area contributed by atoms with Crippen LogP contribution in [0, 0.1) is 11.8 Å². The average Bonchev–Trinajstić information content (AvgIpc) is 2.49. The third-order valence-electron chi connectivity index (χ3n) is 4.88. The fourth-order valence-electron chi connectivity index (χ4n) is 3.86. The van der Waals surface area contributed by atoms with Crippen LogP contribution in [0.2, 0.25) is 0 Å². The molecular formula is C17H20BrNO2. The molecule has 2 unspecified atom stereocenters. The highest BCUT2D eigenvalue weighted by Crippen LogP contribution is 2.42. The van der Waals surface area contributed by atoms with E-state index in [1.165, 1.54) is 19.3 Å². The molecule has 2 fully saturated rings. The van der Waals surface area contributed by atoms with Gasteiger partial charge in [-0.1, -0.05) is 60.2 Å². The van der Waals surface area contributed by atoms with Crippen LogP contribution in [0.1, 0.15) is 50.0 Å². The van der Waals surface area contributed by atoms with Crippen LogP contribution >= 0.6 is 15.9 Å². The SMILES string of the molecule is O=C1CC(C2CCCCC2)C(c2ccc(Br)cc2)C(=O)N1. The molecule has 1 heterocycles. The predicted molar refractivity (Wildman–Crippen MR) is 84.7 cm³/mol. The summed E-state index contributed by atoms with van der Waals surface area (Å²) in [5, 5.41) is 2.52. The van der Waals surface area contributed by atoms with E-state index < -0.39 is 0 Å². The first-order chi connectivity index (χ1) is 10.1. The van der Waals surface area contributed by atoms with E-state index in [2.05, 4.69) is 21.2 Å². The minimum absolute atomic E-state index is 0.107. The second-order valence-electron chi connectivity index (χ2n) is 6.21. The number of carbonyl (C=O) groups excluding carboxylic acids is 2. The van der Waals surface area contributed by atoms with Crippen molar-refractivity contribution in [3.63, 3.8) is 0 Å². The molecule has 0 bridgehead atoms. The van der Waals surface area contributed by atoms with Gasteiger partial charge in [-0.25, -0.2) is 0 Å². The molecule has 1 saturated heterocycles. The summed E-state index contributed by atoms with van der Waals surface area (Å²) in [7, 11) is 0. The molecule has 3 nitrogen and oxygen atoms in total. The Labute approximate surface area is 133 Å². The second kappa shape index (κ2) is 6.30. The first-order valence-electron chi connectivity index (χ1n) is 7.74. The van der Waals surface area contributed by atoms with Gasteiger partial charge in [0.25, 0.3) is 0 Å². The van der Waals surface area contributed by atoms with Gasteiger partial charge in [-0.3, -0.25) is 14.9 Å². The summed E-state index contributed by atoms with van der Waals surface area (Å²) in [6.07, 6.45) is 6.52. The lowest BCUT2D eigenvalue weighted by Crippen LogP contribution is -2.46. The van der Waals surface area contributed by atoms with E-state index in [9.17, 15) is 9.59 Å². The highest BCUT2D eigenvalue weighted by molar-refractivity contribution is 9.10. The van der Waals surface area contributed by atoms with Crippen molar-refractivity contribution in [2.75, 3.05) is 0 Å². The van der Waals surface area contributed by atoms with Crippen LogP contribution in [0.25, 0.3) is 0 Å². The Balaban J connectivity index is 1.90. The number of carbonyl (C=O) groups is 2.